The van der Waals surface area contributed by atoms with Gasteiger partial charge in [0.25, 0.3) is 0 Å². The molecule has 0 atom stereocenters. The van der Waals surface area contributed by atoms with Crippen molar-refractivity contribution in [3.05, 3.63) is 18.9 Å². The molecule has 0 aliphatic heterocycles. The summed E-state index contributed by atoms with van der Waals surface area (Å²) in [5, 5.41) is 0. The van der Waals surface area contributed by atoms with E-state index in [2.05, 4.69) is 15.0 Å². The molecule has 2 aromatic heterocycles. The van der Waals surface area contributed by atoms with Crippen molar-refractivity contribution in [2.75, 3.05) is 5.75 Å². The van der Waals surface area contributed by atoms with Crippen molar-refractivity contribution in [3.63, 3.8) is 0 Å². The second-order valence-electron chi connectivity index (χ2n) is 2.37. The fourth-order valence-electron chi connectivity index (χ4n) is 1.08. The Bertz CT molecular complexity index is 384. The maximum Gasteiger partial charge on any atom is 0.163 e. The van der Waals surface area contributed by atoms with E-state index in [-0.39, 0.29) is 0 Å². The summed E-state index contributed by atoms with van der Waals surface area (Å²) in [7, 11) is 0. The van der Waals surface area contributed by atoms with Crippen LogP contribution in [0.4, 0.5) is 0 Å². The first kappa shape index (κ1) is 7.54. The number of fused-ring (bicyclic) bond motifs is 1. The van der Waals surface area contributed by atoms with Gasteiger partial charge >= 0.3 is 0 Å². The van der Waals surface area contributed by atoms with Crippen LogP contribution in [-0.2, 0) is 6.54 Å². The molecule has 0 amide bonds. The van der Waals surface area contributed by atoms with Gasteiger partial charge in [0.1, 0.15) is 11.8 Å². The Morgan fingerprint density at radius 1 is 1.42 bits per heavy atom. The average Bonchev–Trinajstić information content (AvgIpc) is 2.50. The molecule has 2 rings (SSSR count). The average molecular weight is 179 g/mol. The van der Waals surface area contributed by atoms with Crippen LogP contribution in [0.15, 0.2) is 18.9 Å². The Morgan fingerprint density at radius 2 is 2.33 bits per heavy atom. The highest BCUT2D eigenvalue weighted by molar-refractivity contribution is 7.80. The predicted molar refractivity (Wildman–Crippen MR) is 47.8 cm³/mol. The fraction of sp³-hybridized carbons (Fsp3) is 0.286. The second kappa shape index (κ2) is 3.10. The largest absolute Gasteiger partial charge is 0.314 e. The van der Waals surface area contributed by atoms with Gasteiger partial charge in [-0.1, -0.05) is 12.6 Å². The van der Waals surface area contributed by atoms with E-state index in [0.717, 1.165) is 17.7 Å². The molecule has 0 aromatic carbocycles. The zero-order chi connectivity index (χ0) is 8.39. The minimum Gasteiger partial charge on any atom is -0.314 e. The van der Waals surface area contributed by atoms with Crippen molar-refractivity contribution in [1.82, 2.24) is 19.5 Å². The summed E-state index contributed by atoms with van der Waals surface area (Å²) in [6, 6.07) is 0. The third-order valence-electron chi connectivity index (χ3n) is 1.61. The molecule has 0 saturated carbocycles. The quantitative estimate of drug-likeness (QED) is 0.691. The van der Waals surface area contributed by atoms with E-state index in [1.165, 1.54) is 6.33 Å². The topological polar surface area (TPSA) is 43.6 Å². The highest BCUT2D eigenvalue weighted by atomic mass is 32.1. The van der Waals surface area contributed by atoms with Crippen molar-refractivity contribution >= 4 is 23.8 Å². The third kappa shape index (κ3) is 1.16. The zero-order valence-electron chi connectivity index (χ0n) is 6.34. The van der Waals surface area contributed by atoms with Gasteiger partial charge in [-0.2, -0.15) is 0 Å². The molecule has 12 heavy (non-hydrogen) atoms. The molecular formula is C7H7N4S. The summed E-state index contributed by atoms with van der Waals surface area (Å²) in [4.78, 5) is 12.1. The van der Waals surface area contributed by atoms with E-state index in [1.54, 1.807) is 12.5 Å². The first-order valence-corrected chi connectivity index (χ1v) is 4.18. The van der Waals surface area contributed by atoms with Crippen LogP contribution in [0.5, 0.6) is 0 Å². The molecule has 0 unspecified atom stereocenters. The summed E-state index contributed by atoms with van der Waals surface area (Å²) in [5.74, 6) is 0.676. The molecule has 0 aliphatic rings. The summed E-state index contributed by atoms with van der Waals surface area (Å²) in [6.45, 7) is 0.781. The number of imidazole rings is 1. The summed E-state index contributed by atoms with van der Waals surface area (Å²) >= 11 is 4.87. The molecule has 0 bridgehead atoms. The maximum absolute atomic E-state index is 4.87. The van der Waals surface area contributed by atoms with Crippen molar-refractivity contribution in [1.29, 1.82) is 0 Å². The lowest BCUT2D eigenvalue weighted by Crippen LogP contribution is -1.98. The molecule has 5 heteroatoms. The van der Waals surface area contributed by atoms with Crippen LogP contribution in [0, 0.1) is 0 Å². The molecule has 0 N–H and O–H groups in total. The lowest BCUT2D eigenvalue weighted by atomic mass is 10.5. The number of rotatable bonds is 2. The lowest BCUT2D eigenvalue weighted by Gasteiger charge is -1.97. The van der Waals surface area contributed by atoms with Crippen LogP contribution in [-0.4, -0.2) is 25.3 Å². The summed E-state index contributed by atoms with van der Waals surface area (Å²) in [6.07, 6.45) is 4.96. The van der Waals surface area contributed by atoms with Crippen LogP contribution in [0.3, 0.4) is 0 Å². The maximum atomic E-state index is 4.87. The van der Waals surface area contributed by atoms with Gasteiger partial charge in [-0.15, -0.1) is 0 Å². The minimum atomic E-state index is 0.676. The highest BCUT2D eigenvalue weighted by Crippen LogP contribution is 2.06. The van der Waals surface area contributed by atoms with E-state index in [1.807, 2.05) is 4.57 Å². The normalized spacial score (nSPS) is 10.8. The van der Waals surface area contributed by atoms with E-state index in [9.17, 15) is 0 Å². The van der Waals surface area contributed by atoms with Crippen LogP contribution < -0.4 is 0 Å². The van der Waals surface area contributed by atoms with Crippen molar-refractivity contribution < 1.29 is 0 Å². The van der Waals surface area contributed by atoms with Crippen molar-refractivity contribution in [2.45, 2.75) is 6.54 Å². The molecule has 0 fully saturated rings. The Hall–Kier alpha value is -1.10. The molecule has 2 aromatic rings. The van der Waals surface area contributed by atoms with Gasteiger partial charge in [0, 0.05) is 12.3 Å². The minimum absolute atomic E-state index is 0.676. The lowest BCUT2D eigenvalue weighted by molar-refractivity contribution is 0.788. The first-order valence-electron chi connectivity index (χ1n) is 3.61. The number of hydrogen-bond donors (Lipinski definition) is 0. The van der Waals surface area contributed by atoms with E-state index >= 15 is 0 Å². The number of aromatic nitrogens is 4. The fourth-order valence-corrected chi connectivity index (χ4v) is 1.27. The Kier molecular flexibility index (Phi) is 1.95. The first-order chi connectivity index (χ1) is 5.92. The zero-order valence-corrected chi connectivity index (χ0v) is 7.16. The Morgan fingerprint density at radius 3 is 3.17 bits per heavy atom. The van der Waals surface area contributed by atoms with E-state index in [4.69, 9.17) is 12.6 Å². The molecule has 61 valence electrons. The summed E-state index contributed by atoms with van der Waals surface area (Å²) < 4.78 is 1.93. The van der Waals surface area contributed by atoms with E-state index < -0.39 is 0 Å². The van der Waals surface area contributed by atoms with Crippen LogP contribution in [0.1, 0.15) is 0 Å². The van der Waals surface area contributed by atoms with Gasteiger partial charge < -0.3 is 4.57 Å². The van der Waals surface area contributed by atoms with Crippen molar-refractivity contribution in [2.24, 2.45) is 0 Å². The van der Waals surface area contributed by atoms with Crippen LogP contribution in [0.25, 0.3) is 11.2 Å². The molecule has 0 spiro atoms. The Balaban J connectivity index is 2.55. The smallest absolute Gasteiger partial charge is 0.163 e. The number of aryl methyl sites for hydroxylation is 1. The summed E-state index contributed by atoms with van der Waals surface area (Å²) in [5.41, 5.74) is 1.68. The van der Waals surface area contributed by atoms with Crippen LogP contribution >= 0.6 is 12.6 Å². The second-order valence-corrected chi connectivity index (χ2v) is 2.78. The van der Waals surface area contributed by atoms with Crippen LogP contribution in [0.2, 0.25) is 0 Å². The van der Waals surface area contributed by atoms with Gasteiger partial charge in [0.2, 0.25) is 0 Å². The standard InChI is InChI=1S/C7H7N4S/c12-2-1-11-5-10-6-3-8-4-9-7(6)11/h3-5H,1-2H2. The number of hydrogen-bond acceptors (Lipinski definition) is 3. The van der Waals surface area contributed by atoms with Crippen molar-refractivity contribution in [3.8, 4) is 0 Å². The molecule has 0 aliphatic carbocycles. The molecular weight excluding hydrogens is 172 g/mol. The van der Waals surface area contributed by atoms with Gasteiger partial charge in [-0.25, -0.2) is 15.0 Å². The van der Waals surface area contributed by atoms with Gasteiger partial charge in [0.15, 0.2) is 5.65 Å². The van der Waals surface area contributed by atoms with Gasteiger partial charge in [0.05, 0.1) is 12.5 Å². The monoisotopic (exact) mass is 179 g/mol. The van der Waals surface area contributed by atoms with Gasteiger partial charge in [-0.3, -0.25) is 0 Å². The number of nitrogens with zero attached hydrogens (tertiary/aromatic N) is 4. The predicted octanol–water partition coefficient (Wildman–Crippen LogP) is 1.02. The SMILES string of the molecule is [S]CCn1cnc2cncnc21. The molecule has 4 nitrogen and oxygen atoms in total. The molecule has 2 heterocycles. The van der Waals surface area contributed by atoms with Gasteiger partial charge in [-0.05, 0) is 0 Å². The molecule has 0 saturated heterocycles. The Labute approximate surface area is 75.1 Å². The highest BCUT2D eigenvalue weighted by Gasteiger charge is 2.00. The third-order valence-corrected chi connectivity index (χ3v) is 1.80. The van der Waals surface area contributed by atoms with E-state index in [0.29, 0.717) is 5.75 Å². The molecule has 1 radical (unpaired) electrons.